The molecule has 0 saturated carbocycles. The molecule has 27 heavy (non-hydrogen) atoms. The Kier molecular flexibility index (Phi) is 6.29. The minimum Gasteiger partial charge on any atom is -0.366 e. The van der Waals surface area contributed by atoms with Crippen molar-refractivity contribution in [2.24, 2.45) is 0 Å². The largest absolute Gasteiger partial charge is 0.366 e. The normalized spacial score (nSPS) is 14.1. The summed E-state index contributed by atoms with van der Waals surface area (Å²) < 4.78 is 13.9. The molecule has 1 aliphatic heterocycles. The third-order valence-electron chi connectivity index (χ3n) is 4.54. The van der Waals surface area contributed by atoms with Gasteiger partial charge in [0.15, 0.2) is 0 Å². The molecule has 0 spiro atoms. The Hall–Kier alpha value is -2.60. The molecule has 2 aromatic carbocycles. The number of nitrogens with one attached hydrogen (secondary N) is 1. The number of carbonyl (C=O) groups is 2. The predicted molar refractivity (Wildman–Crippen MR) is 103 cm³/mol. The minimum atomic E-state index is -0.614. The molecular formula is C20H21ClFN3O2. The maximum absolute atomic E-state index is 13.9. The van der Waals surface area contributed by atoms with E-state index in [0.29, 0.717) is 49.9 Å². The van der Waals surface area contributed by atoms with E-state index >= 15 is 0 Å². The van der Waals surface area contributed by atoms with E-state index in [4.69, 9.17) is 11.6 Å². The molecule has 0 bridgehead atoms. The van der Waals surface area contributed by atoms with Gasteiger partial charge in [0.1, 0.15) is 5.82 Å². The van der Waals surface area contributed by atoms with Gasteiger partial charge in [0.05, 0.1) is 5.69 Å². The van der Waals surface area contributed by atoms with Crippen molar-refractivity contribution < 1.29 is 14.0 Å². The highest BCUT2D eigenvalue weighted by Crippen LogP contribution is 2.20. The third-order valence-corrected chi connectivity index (χ3v) is 4.78. The van der Waals surface area contributed by atoms with Gasteiger partial charge >= 0.3 is 11.8 Å². The Labute approximate surface area is 162 Å². The van der Waals surface area contributed by atoms with Crippen LogP contribution in [0.1, 0.15) is 5.56 Å². The van der Waals surface area contributed by atoms with Gasteiger partial charge in [-0.15, -0.1) is 0 Å². The highest BCUT2D eigenvalue weighted by molar-refractivity contribution is 6.35. The fourth-order valence-electron chi connectivity index (χ4n) is 3.09. The number of halogens is 2. The second-order valence-electron chi connectivity index (χ2n) is 6.37. The highest BCUT2D eigenvalue weighted by Gasteiger charge is 2.26. The number of carbonyl (C=O) groups excluding carboxylic acids is 2. The Morgan fingerprint density at radius 2 is 1.78 bits per heavy atom. The average Bonchev–Trinajstić information content (AvgIpc) is 2.68. The zero-order valence-electron chi connectivity index (χ0n) is 14.8. The van der Waals surface area contributed by atoms with Gasteiger partial charge in [-0.3, -0.25) is 9.59 Å². The molecule has 3 rings (SSSR count). The first kappa shape index (κ1) is 19.2. The topological polar surface area (TPSA) is 52.7 Å². The van der Waals surface area contributed by atoms with Crippen molar-refractivity contribution in [1.82, 2.24) is 10.2 Å². The Morgan fingerprint density at radius 3 is 2.48 bits per heavy atom. The number of benzene rings is 2. The van der Waals surface area contributed by atoms with Gasteiger partial charge in [-0.2, -0.15) is 0 Å². The van der Waals surface area contributed by atoms with E-state index in [1.165, 1.54) is 11.0 Å². The van der Waals surface area contributed by atoms with Gasteiger partial charge in [-0.05, 0) is 36.2 Å². The number of rotatable bonds is 4. The molecule has 7 heteroatoms. The molecule has 5 nitrogen and oxygen atoms in total. The lowest BCUT2D eigenvalue weighted by molar-refractivity contribution is -0.146. The van der Waals surface area contributed by atoms with Crippen LogP contribution in [0.4, 0.5) is 10.1 Å². The van der Waals surface area contributed by atoms with Crippen molar-refractivity contribution in [3.63, 3.8) is 0 Å². The molecule has 0 aromatic heterocycles. The molecule has 1 heterocycles. The lowest BCUT2D eigenvalue weighted by Crippen LogP contribution is -2.53. The van der Waals surface area contributed by atoms with Crippen LogP contribution in [-0.2, 0) is 16.0 Å². The Bertz CT molecular complexity index is 822. The van der Waals surface area contributed by atoms with Crippen molar-refractivity contribution in [1.29, 1.82) is 0 Å². The van der Waals surface area contributed by atoms with Crippen LogP contribution in [0.5, 0.6) is 0 Å². The van der Waals surface area contributed by atoms with E-state index in [-0.39, 0.29) is 5.82 Å². The van der Waals surface area contributed by atoms with E-state index in [9.17, 15) is 14.0 Å². The number of amides is 2. The SMILES string of the molecule is O=C(NCCc1cccc(Cl)c1)C(=O)N1CCN(c2ccccc2F)CC1. The molecule has 1 N–H and O–H groups in total. The number of piperazine rings is 1. The number of hydrogen-bond donors (Lipinski definition) is 1. The van der Waals surface area contributed by atoms with Crippen LogP contribution in [0, 0.1) is 5.82 Å². The predicted octanol–water partition coefficient (Wildman–Crippen LogP) is 2.49. The summed E-state index contributed by atoms with van der Waals surface area (Å²) in [6, 6.07) is 13.9. The van der Waals surface area contributed by atoms with Gasteiger partial charge in [0, 0.05) is 37.7 Å². The van der Waals surface area contributed by atoms with Crippen LogP contribution < -0.4 is 10.2 Å². The van der Waals surface area contributed by atoms with Gasteiger partial charge in [-0.25, -0.2) is 4.39 Å². The van der Waals surface area contributed by atoms with Gasteiger partial charge in [-0.1, -0.05) is 35.9 Å². The van der Waals surface area contributed by atoms with Crippen molar-refractivity contribution in [3.05, 3.63) is 64.9 Å². The smallest absolute Gasteiger partial charge is 0.312 e. The molecule has 1 saturated heterocycles. The van der Waals surface area contributed by atoms with E-state index in [1.807, 2.05) is 23.1 Å². The van der Waals surface area contributed by atoms with Crippen molar-refractivity contribution in [2.75, 3.05) is 37.6 Å². The van der Waals surface area contributed by atoms with Crippen LogP contribution >= 0.6 is 11.6 Å². The first-order chi connectivity index (χ1) is 13.0. The molecule has 2 amide bonds. The van der Waals surface area contributed by atoms with Gasteiger partial charge in [0.2, 0.25) is 0 Å². The molecular weight excluding hydrogens is 369 g/mol. The highest BCUT2D eigenvalue weighted by atomic mass is 35.5. The van der Waals surface area contributed by atoms with Crippen molar-refractivity contribution in [3.8, 4) is 0 Å². The number of nitrogens with zero attached hydrogens (tertiary/aromatic N) is 2. The molecule has 1 aliphatic rings. The molecule has 1 fully saturated rings. The van der Waals surface area contributed by atoms with Crippen molar-refractivity contribution >= 4 is 29.1 Å². The lowest BCUT2D eigenvalue weighted by Gasteiger charge is -2.35. The van der Waals surface area contributed by atoms with Crippen LogP contribution in [0.2, 0.25) is 5.02 Å². The Balaban J connectivity index is 1.46. The average molecular weight is 390 g/mol. The van der Waals surface area contributed by atoms with E-state index in [1.54, 1.807) is 24.3 Å². The van der Waals surface area contributed by atoms with Crippen molar-refractivity contribution in [2.45, 2.75) is 6.42 Å². The summed E-state index contributed by atoms with van der Waals surface area (Å²) >= 11 is 5.93. The van der Waals surface area contributed by atoms with Crippen LogP contribution in [-0.4, -0.2) is 49.4 Å². The molecule has 0 aliphatic carbocycles. The van der Waals surface area contributed by atoms with E-state index < -0.39 is 11.8 Å². The second-order valence-corrected chi connectivity index (χ2v) is 6.80. The maximum atomic E-state index is 13.9. The molecule has 2 aromatic rings. The minimum absolute atomic E-state index is 0.281. The van der Waals surface area contributed by atoms with Gasteiger partial charge in [0.25, 0.3) is 0 Å². The van der Waals surface area contributed by atoms with Crippen LogP contribution in [0.3, 0.4) is 0 Å². The fraction of sp³-hybridized carbons (Fsp3) is 0.300. The summed E-state index contributed by atoms with van der Waals surface area (Å²) in [6.45, 7) is 2.11. The molecule has 0 unspecified atom stereocenters. The first-order valence-corrected chi connectivity index (χ1v) is 9.23. The summed E-state index contributed by atoms with van der Waals surface area (Å²) in [4.78, 5) is 27.8. The quantitative estimate of drug-likeness (QED) is 0.817. The number of anilines is 1. The van der Waals surface area contributed by atoms with Gasteiger partial charge < -0.3 is 15.1 Å². The first-order valence-electron chi connectivity index (χ1n) is 8.85. The maximum Gasteiger partial charge on any atom is 0.312 e. The lowest BCUT2D eigenvalue weighted by atomic mass is 10.1. The third kappa shape index (κ3) is 4.98. The summed E-state index contributed by atoms with van der Waals surface area (Å²) in [5.41, 5.74) is 1.52. The standard InChI is InChI=1S/C20H21ClFN3O2/c21-16-5-3-4-15(14-16)8-9-23-19(26)20(27)25-12-10-24(11-13-25)18-7-2-1-6-17(18)22/h1-7,14H,8-13H2,(H,23,26). The molecule has 142 valence electrons. The zero-order valence-corrected chi connectivity index (χ0v) is 15.6. The molecule has 0 radical (unpaired) electrons. The summed E-state index contributed by atoms with van der Waals surface area (Å²) in [5, 5.41) is 3.29. The number of hydrogen-bond acceptors (Lipinski definition) is 3. The Morgan fingerprint density at radius 1 is 1.04 bits per heavy atom. The fourth-order valence-corrected chi connectivity index (χ4v) is 3.30. The second kappa shape index (κ2) is 8.86. The summed E-state index contributed by atoms with van der Waals surface area (Å²) in [7, 11) is 0. The van der Waals surface area contributed by atoms with Crippen LogP contribution in [0.25, 0.3) is 0 Å². The molecule has 0 atom stereocenters. The summed E-state index contributed by atoms with van der Waals surface area (Å²) in [6.07, 6.45) is 0.598. The number of para-hydroxylation sites is 1. The van der Waals surface area contributed by atoms with Crippen LogP contribution in [0.15, 0.2) is 48.5 Å². The summed E-state index contributed by atoms with van der Waals surface area (Å²) in [5.74, 6) is -1.44. The van der Waals surface area contributed by atoms with E-state index in [2.05, 4.69) is 5.32 Å². The monoisotopic (exact) mass is 389 g/mol. The van der Waals surface area contributed by atoms with E-state index in [0.717, 1.165) is 5.56 Å². The zero-order chi connectivity index (χ0) is 19.2.